The fourth-order valence-electron chi connectivity index (χ4n) is 1.60. The van der Waals surface area contributed by atoms with Crippen LogP contribution in [0.2, 0.25) is 0 Å². The molecule has 1 fully saturated rings. The van der Waals surface area contributed by atoms with Crippen LogP contribution < -0.4 is 5.73 Å². The first-order valence-electron chi connectivity index (χ1n) is 5.10. The van der Waals surface area contributed by atoms with E-state index in [-0.39, 0.29) is 5.60 Å². The van der Waals surface area contributed by atoms with E-state index >= 15 is 0 Å². The molecule has 0 saturated carbocycles. The summed E-state index contributed by atoms with van der Waals surface area (Å²) in [5.74, 6) is 2.32. The van der Waals surface area contributed by atoms with Crippen LogP contribution in [-0.4, -0.2) is 29.8 Å². The molecular weight excluding hydrogens is 182 g/mol. The Hall–Kier alpha value is 0.270. The molecular formula is C10H21NOS. The molecule has 0 aromatic heterocycles. The lowest BCUT2D eigenvalue weighted by molar-refractivity contribution is -0.00466. The molecule has 0 aromatic rings. The molecule has 1 aliphatic rings. The maximum atomic E-state index is 5.88. The van der Waals surface area contributed by atoms with E-state index in [0.29, 0.717) is 6.10 Å². The van der Waals surface area contributed by atoms with Crippen molar-refractivity contribution in [2.75, 3.05) is 18.1 Å². The average Bonchev–Trinajstić information content (AvgIpc) is 2.40. The summed E-state index contributed by atoms with van der Waals surface area (Å²) in [5, 5.41) is 0. The number of ether oxygens (including phenoxy) is 1. The minimum Gasteiger partial charge on any atom is -0.371 e. The Balaban J connectivity index is 2.04. The van der Waals surface area contributed by atoms with E-state index in [0.717, 1.165) is 18.7 Å². The molecule has 0 bridgehead atoms. The second kappa shape index (κ2) is 5.23. The van der Waals surface area contributed by atoms with Crippen molar-refractivity contribution in [3.63, 3.8) is 0 Å². The first kappa shape index (κ1) is 11.3. The number of hydrogen-bond acceptors (Lipinski definition) is 3. The summed E-state index contributed by atoms with van der Waals surface area (Å²) in [6.07, 6.45) is 4.04. The molecule has 3 heteroatoms. The molecule has 1 saturated heterocycles. The van der Waals surface area contributed by atoms with Gasteiger partial charge in [-0.15, -0.1) is 0 Å². The third-order valence-electron chi connectivity index (χ3n) is 2.35. The van der Waals surface area contributed by atoms with Crippen LogP contribution in [0.5, 0.6) is 0 Å². The fourth-order valence-corrected chi connectivity index (χ4v) is 2.63. The van der Waals surface area contributed by atoms with Crippen LogP contribution >= 0.6 is 11.8 Å². The molecule has 1 unspecified atom stereocenters. The standard InChI is InChI=1S/C10H21NOS/c1-10(2)5-4-9(12-10)8-13-7-3-6-11/h9H,3-8,11H2,1-2H3. The van der Waals surface area contributed by atoms with Crippen LogP contribution in [0.15, 0.2) is 0 Å². The van der Waals surface area contributed by atoms with Crippen molar-refractivity contribution in [3.8, 4) is 0 Å². The van der Waals surface area contributed by atoms with Gasteiger partial charge in [0.25, 0.3) is 0 Å². The predicted molar refractivity (Wildman–Crippen MR) is 59.2 cm³/mol. The smallest absolute Gasteiger partial charge is 0.0673 e. The van der Waals surface area contributed by atoms with Crippen molar-refractivity contribution < 1.29 is 4.74 Å². The van der Waals surface area contributed by atoms with Crippen molar-refractivity contribution in [1.29, 1.82) is 0 Å². The number of nitrogens with two attached hydrogens (primary N) is 1. The van der Waals surface area contributed by atoms with Gasteiger partial charge in [-0.1, -0.05) is 0 Å². The zero-order valence-corrected chi connectivity index (χ0v) is 9.53. The highest BCUT2D eigenvalue weighted by Crippen LogP contribution is 2.30. The summed E-state index contributed by atoms with van der Waals surface area (Å²) in [6.45, 7) is 5.17. The summed E-state index contributed by atoms with van der Waals surface area (Å²) in [7, 11) is 0. The van der Waals surface area contributed by atoms with Crippen LogP contribution in [-0.2, 0) is 4.74 Å². The first-order chi connectivity index (χ1) is 6.14. The maximum Gasteiger partial charge on any atom is 0.0673 e. The summed E-state index contributed by atoms with van der Waals surface area (Å²) < 4.78 is 5.88. The van der Waals surface area contributed by atoms with Crippen molar-refractivity contribution in [3.05, 3.63) is 0 Å². The van der Waals surface area contributed by atoms with Crippen molar-refractivity contribution >= 4 is 11.8 Å². The van der Waals surface area contributed by atoms with Gasteiger partial charge in [0.2, 0.25) is 0 Å². The number of rotatable bonds is 5. The van der Waals surface area contributed by atoms with E-state index < -0.39 is 0 Å². The van der Waals surface area contributed by atoms with E-state index in [9.17, 15) is 0 Å². The Morgan fingerprint density at radius 3 is 2.85 bits per heavy atom. The Bertz CT molecular complexity index is 150. The Morgan fingerprint density at radius 2 is 2.31 bits per heavy atom. The minimum absolute atomic E-state index is 0.124. The van der Waals surface area contributed by atoms with Gasteiger partial charge in [0, 0.05) is 5.75 Å². The lowest BCUT2D eigenvalue weighted by Gasteiger charge is -2.18. The third-order valence-corrected chi connectivity index (χ3v) is 3.54. The molecule has 0 amide bonds. The Morgan fingerprint density at radius 1 is 1.54 bits per heavy atom. The second-order valence-electron chi connectivity index (χ2n) is 4.26. The third kappa shape index (κ3) is 4.34. The summed E-state index contributed by atoms with van der Waals surface area (Å²) in [6, 6.07) is 0. The summed E-state index contributed by atoms with van der Waals surface area (Å²) >= 11 is 1.97. The zero-order chi connectivity index (χ0) is 9.73. The topological polar surface area (TPSA) is 35.2 Å². The van der Waals surface area contributed by atoms with E-state index in [4.69, 9.17) is 10.5 Å². The maximum absolute atomic E-state index is 5.88. The van der Waals surface area contributed by atoms with Crippen LogP contribution in [0.25, 0.3) is 0 Å². The molecule has 1 atom stereocenters. The number of thioether (sulfide) groups is 1. The fraction of sp³-hybridized carbons (Fsp3) is 1.00. The highest BCUT2D eigenvalue weighted by molar-refractivity contribution is 7.99. The highest BCUT2D eigenvalue weighted by atomic mass is 32.2. The first-order valence-corrected chi connectivity index (χ1v) is 6.25. The largest absolute Gasteiger partial charge is 0.371 e. The van der Waals surface area contributed by atoms with Gasteiger partial charge in [-0.05, 0) is 45.4 Å². The van der Waals surface area contributed by atoms with Crippen LogP contribution in [0.1, 0.15) is 33.1 Å². The molecule has 2 nitrogen and oxygen atoms in total. The van der Waals surface area contributed by atoms with Gasteiger partial charge >= 0.3 is 0 Å². The summed E-state index contributed by atoms with van der Waals surface area (Å²) in [5.41, 5.74) is 5.55. The lowest BCUT2D eigenvalue weighted by Crippen LogP contribution is -2.21. The molecule has 0 radical (unpaired) electrons. The van der Waals surface area contributed by atoms with Gasteiger partial charge in [0.15, 0.2) is 0 Å². The van der Waals surface area contributed by atoms with Crippen LogP contribution in [0, 0.1) is 0 Å². The Kier molecular flexibility index (Phi) is 4.56. The lowest BCUT2D eigenvalue weighted by atomic mass is 10.1. The molecule has 1 rings (SSSR count). The van der Waals surface area contributed by atoms with Crippen molar-refractivity contribution in [2.45, 2.75) is 44.8 Å². The predicted octanol–water partition coefficient (Wildman–Crippen LogP) is 2.03. The number of hydrogen-bond donors (Lipinski definition) is 1. The molecule has 2 N–H and O–H groups in total. The van der Waals surface area contributed by atoms with Gasteiger partial charge in [-0.25, -0.2) is 0 Å². The van der Waals surface area contributed by atoms with Gasteiger partial charge in [0.1, 0.15) is 0 Å². The zero-order valence-electron chi connectivity index (χ0n) is 8.71. The van der Waals surface area contributed by atoms with E-state index in [1.54, 1.807) is 0 Å². The Labute approximate surface area is 85.6 Å². The van der Waals surface area contributed by atoms with Gasteiger partial charge < -0.3 is 10.5 Å². The molecule has 0 aromatic carbocycles. The van der Waals surface area contributed by atoms with Crippen molar-refractivity contribution in [2.24, 2.45) is 5.73 Å². The van der Waals surface area contributed by atoms with Gasteiger partial charge in [-0.3, -0.25) is 0 Å². The van der Waals surface area contributed by atoms with Gasteiger partial charge in [0.05, 0.1) is 11.7 Å². The van der Waals surface area contributed by atoms with E-state index in [1.807, 2.05) is 11.8 Å². The molecule has 1 heterocycles. The van der Waals surface area contributed by atoms with E-state index in [2.05, 4.69) is 13.8 Å². The SMILES string of the molecule is CC1(C)CCC(CSCCCN)O1. The molecule has 0 aliphatic carbocycles. The quantitative estimate of drug-likeness (QED) is 0.694. The highest BCUT2D eigenvalue weighted by Gasteiger charge is 2.31. The van der Waals surface area contributed by atoms with Crippen molar-refractivity contribution in [1.82, 2.24) is 0 Å². The molecule has 0 spiro atoms. The normalized spacial score (nSPS) is 26.5. The average molecular weight is 203 g/mol. The monoisotopic (exact) mass is 203 g/mol. The van der Waals surface area contributed by atoms with Crippen LogP contribution in [0.4, 0.5) is 0 Å². The molecule has 13 heavy (non-hydrogen) atoms. The molecule has 78 valence electrons. The minimum atomic E-state index is 0.124. The second-order valence-corrected chi connectivity index (χ2v) is 5.41. The van der Waals surface area contributed by atoms with Gasteiger partial charge in [-0.2, -0.15) is 11.8 Å². The molecule has 1 aliphatic heterocycles. The van der Waals surface area contributed by atoms with E-state index in [1.165, 1.54) is 18.6 Å². The summed E-state index contributed by atoms with van der Waals surface area (Å²) in [4.78, 5) is 0. The van der Waals surface area contributed by atoms with Crippen LogP contribution in [0.3, 0.4) is 0 Å².